The molecule has 0 aliphatic rings. The lowest BCUT2D eigenvalue weighted by Crippen LogP contribution is -2.31. The van der Waals surface area contributed by atoms with Crippen LogP contribution in [0.3, 0.4) is 0 Å². The van der Waals surface area contributed by atoms with E-state index in [4.69, 9.17) is 10.0 Å². The van der Waals surface area contributed by atoms with E-state index in [1.807, 2.05) is 18.5 Å². The maximum Gasteiger partial charge on any atom is 0.488 e. The summed E-state index contributed by atoms with van der Waals surface area (Å²) >= 11 is 1.69. The Kier molecular flexibility index (Phi) is 4.93. The third-order valence-corrected chi connectivity index (χ3v) is 4.37. The van der Waals surface area contributed by atoms with Gasteiger partial charge in [-0.2, -0.15) is 0 Å². The van der Waals surface area contributed by atoms with E-state index >= 15 is 0 Å². The summed E-state index contributed by atoms with van der Waals surface area (Å²) in [6.45, 7) is 2.63. The zero-order valence-corrected chi connectivity index (χ0v) is 12.3. The van der Waals surface area contributed by atoms with E-state index in [0.29, 0.717) is 6.54 Å². The predicted octanol–water partition coefficient (Wildman–Crippen LogP) is 1.76. The Morgan fingerprint density at radius 1 is 1.35 bits per heavy atom. The van der Waals surface area contributed by atoms with Gasteiger partial charge < -0.3 is 10.0 Å². The van der Waals surface area contributed by atoms with Crippen molar-refractivity contribution in [3.63, 3.8) is 0 Å². The van der Waals surface area contributed by atoms with Crippen molar-refractivity contribution >= 4 is 23.9 Å². The van der Waals surface area contributed by atoms with Crippen LogP contribution in [0.5, 0.6) is 0 Å². The first-order valence-corrected chi connectivity index (χ1v) is 7.24. The summed E-state index contributed by atoms with van der Waals surface area (Å²) < 4.78 is 13.5. The largest absolute Gasteiger partial charge is 0.488 e. The lowest BCUT2D eigenvalue weighted by atomic mass is 9.79. The van der Waals surface area contributed by atoms with Crippen LogP contribution in [0.2, 0.25) is 0 Å². The monoisotopic (exact) mass is 293 g/mol. The summed E-state index contributed by atoms with van der Waals surface area (Å²) in [5, 5.41) is 20.3. The van der Waals surface area contributed by atoms with E-state index in [1.54, 1.807) is 17.4 Å². The summed E-state index contributed by atoms with van der Waals surface area (Å²) in [6, 6.07) is 8.47. The molecule has 0 saturated heterocycles. The maximum atomic E-state index is 13.5. The molecule has 2 rings (SSSR count). The van der Waals surface area contributed by atoms with E-state index in [9.17, 15) is 4.39 Å². The van der Waals surface area contributed by atoms with E-state index in [1.165, 1.54) is 10.9 Å². The molecular formula is C14H17BFNO2S. The van der Waals surface area contributed by atoms with Gasteiger partial charge in [0.05, 0.1) is 0 Å². The zero-order valence-electron chi connectivity index (χ0n) is 11.5. The predicted molar refractivity (Wildman–Crippen MR) is 80.4 cm³/mol. The number of hydrogen-bond donors (Lipinski definition) is 2. The van der Waals surface area contributed by atoms with Crippen LogP contribution in [0.4, 0.5) is 4.39 Å². The standard InChI is InChI=1S/C14H17BFNO2S/c1-10(14-4-3-5-20-14)17(2)9-11-6-12(15(18)19)8-13(16)7-11/h3-8,10,18-19H,9H2,1-2H3. The zero-order chi connectivity index (χ0) is 14.7. The molecule has 20 heavy (non-hydrogen) atoms. The fourth-order valence-electron chi connectivity index (χ4n) is 2.09. The number of hydrogen-bond acceptors (Lipinski definition) is 4. The summed E-state index contributed by atoms with van der Waals surface area (Å²) in [5.74, 6) is -0.456. The summed E-state index contributed by atoms with van der Waals surface area (Å²) in [5.41, 5.74) is 0.899. The highest BCUT2D eigenvalue weighted by molar-refractivity contribution is 7.10. The summed E-state index contributed by atoms with van der Waals surface area (Å²) in [4.78, 5) is 3.33. The fraction of sp³-hybridized carbons (Fsp3) is 0.286. The Hall–Kier alpha value is -1.21. The van der Waals surface area contributed by atoms with E-state index in [0.717, 1.165) is 11.6 Å². The van der Waals surface area contributed by atoms with Crippen molar-refractivity contribution < 1.29 is 14.4 Å². The molecule has 106 valence electrons. The Labute approximate surface area is 122 Å². The van der Waals surface area contributed by atoms with Crippen LogP contribution in [0, 0.1) is 5.82 Å². The van der Waals surface area contributed by atoms with Crippen molar-refractivity contribution in [1.29, 1.82) is 0 Å². The number of halogens is 1. The number of thiophene rings is 1. The van der Waals surface area contributed by atoms with Crippen molar-refractivity contribution in [3.05, 3.63) is 52.0 Å². The van der Waals surface area contributed by atoms with Crippen molar-refractivity contribution in [2.24, 2.45) is 0 Å². The van der Waals surface area contributed by atoms with Crippen LogP contribution in [0.25, 0.3) is 0 Å². The molecular weight excluding hydrogens is 276 g/mol. The first-order chi connectivity index (χ1) is 9.47. The van der Waals surface area contributed by atoms with Crippen LogP contribution in [-0.4, -0.2) is 29.1 Å². The van der Waals surface area contributed by atoms with Gasteiger partial charge in [-0.3, -0.25) is 4.90 Å². The van der Waals surface area contributed by atoms with Gasteiger partial charge in [0.2, 0.25) is 0 Å². The molecule has 1 atom stereocenters. The number of benzene rings is 1. The molecule has 1 heterocycles. The van der Waals surface area contributed by atoms with Gasteiger partial charge in [-0.15, -0.1) is 11.3 Å². The molecule has 2 N–H and O–H groups in total. The molecule has 1 unspecified atom stereocenters. The maximum absolute atomic E-state index is 13.5. The first kappa shape index (κ1) is 15.2. The van der Waals surface area contributed by atoms with Gasteiger partial charge in [0, 0.05) is 17.5 Å². The Morgan fingerprint density at radius 2 is 2.10 bits per heavy atom. The summed E-state index contributed by atoms with van der Waals surface area (Å²) in [6.07, 6.45) is 0. The molecule has 1 aromatic carbocycles. The molecule has 0 fully saturated rings. The molecule has 0 saturated carbocycles. The Bertz CT molecular complexity index is 562. The lowest BCUT2D eigenvalue weighted by Gasteiger charge is -2.24. The topological polar surface area (TPSA) is 43.7 Å². The smallest absolute Gasteiger partial charge is 0.423 e. The van der Waals surface area contributed by atoms with Crippen LogP contribution in [0.15, 0.2) is 35.7 Å². The molecule has 0 spiro atoms. The highest BCUT2D eigenvalue weighted by Crippen LogP contribution is 2.24. The van der Waals surface area contributed by atoms with Crippen molar-refractivity contribution in [2.45, 2.75) is 19.5 Å². The molecule has 3 nitrogen and oxygen atoms in total. The minimum atomic E-state index is -1.65. The minimum absolute atomic E-state index is 0.178. The molecule has 0 aliphatic carbocycles. The van der Waals surface area contributed by atoms with Crippen molar-refractivity contribution in [1.82, 2.24) is 4.90 Å². The highest BCUT2D eigenvalue weighted by Gasteiger charge is 2.16. The van der Waals surface area contributed by atoms with Gasteiger partial charge in [-0.25, -0.2) is 4.39 Å². The Balaban J connectivity index is 2.13. The molecule has 0 bridgehead atoms. The van der Waals surface area contributed by atoms with Crippen LogP contribution >= 0.6 is 11.3 Å². The average molecular weight is 293 g/mol. The van der Waals surface area contributed by atoms with Crippen LogP contribution < -0.4 is 5.46 Å². The molecule has 6 heteroatoms. The van der Waals surface area contributed by atoms with Gasteiger partial charge in [0.25, 0.3) is 0 Å². The average Bonchev–Trinajstić information content (AvgIpc) is 2.90. The lowest BCUT2D eigenvalue weighted by molar-refractivity contribution is 0.256. The third kappa shape index (κ3) is 3.67. The SMILES string of the molecule is CC(c1cccs1)N(C)Cc1cc(F)cc(B(O)O)c1. The second kappa shape index (κ2) is 6.50. The fourth-order valence-corrected chi connectivity index (χ4v) is 2.94. The van der Waals surface area contributed by atoms with Gasteiger partial charge in [0.1, 0.15) is 5.82 Å². The highest BCUT2D eigenvalue weighted by atomic mass is 32.1. The molecule has 0 aliphatic heterocycles. The van der Waals surface area contributed by atoms with Gasteiger partial charge in [0.15, 0.2) is 0 Å². The van der Waals surface area contributed by atoms with Crippen molar-refractivity contribution in [2.75, 3.05) is 7.05 Å². The van der Waals surface area contributed by atoms with Crippen molar-refractivity contribution in [3.8, 4) is 0 Å². The van der Waals surface area contributed by atoms with Gasteiger partial charge in [-0.1, -0.05) is 12.1 Å². The summed E-state index contributed by atoms with van der Waals surface area (Å²) in [7, 11) is 0.314. The second-order valence-corrected chi connectivity index (χ2v) is 5.85. The number of rotatable bonds is 5. The van der Waals surface area contributed by atoms with Gasteiger partial charge in [-0.05, 0) is 48.6 Å². The minimum Gasteiger partial charge on any atom is -0.423 e. The number of nitrogens with zero attached hydrogens (tertiary/aromatic N) is 1. The van der Waals surface area contributed by atoms with Gasteiger partial charge >= 0.3 is 7.12 Å². The van der Waals surface area contributed by atoms with Crippen LogP contribution in [-0.2, 0) is 6.54 Å². The van der Waals surface area contributed by atoms with E-state index in [-0.39, 0.29) is 11.5 Å². The quantitative estimate of drug-likeness (QED) is 0.826. The van der Waals surface area contributed by atoms with E-state index < -0.39 is 12.9 Å². The molecule has 1 aromatic heterocycles. The third-order valence-electron chi connectivity index (χ3n) is 3.33. The normalized spacial score (nSPS) is 12.7. The molecule has 2 aromatic rings. The Morgan fingerprint density at radius 3 is 2.70 bits per heavy atom. The molecule has 0 radical (unpaired) electrons. The second-order valence-electron chi connectivity index (χ2n) is 4.87. The first-order valence-electron chi connectivity index (χ1n) is 6.36. The van der Waals surface area contributed by atoms with E-state index in [2.05, 4.69) is 17.9 Å². The molecule has 0 amide bonds. The van der Waals surface area contributed by atoms with Crippen LogP contribution in [0.1, 0.15) is 23.4 Å².